The molecule has 126 valence electrons. The third kappa shape index (κ3) is 4.67. The van der Waals surface area contributed by atoms with E-state index in [9.17, 15) is 9.59 Å². The minimum atomic E-state index is -1.04. The van der Waals surface area contributed by atoms with Gasteiger partial charge in [-0.05, 0) is 30.7 Å². The summed E-state index contributed by atoms with van der Waals surface area (Å²) in [6.45, 7) is 1.42. The van der Waals surface area contributed by atoms with Gasteiger partial charge in [0.25, 0.3) is 5.91 Å². The maximum atomic E-state index is 12.1. The Morgan fingerprint density at radius 3 is 2.42 bits per heavy atom. The van der Waals surface area contributed by atoms with Gasteiger partial charge < -0.3 is 19.9 Å². The molecule has 1 heterocycles. The highest BCUT2D eigenvalue weighted by molar-refractivity contribution is 5.92. The molecule has 8 heteroatoms. The minimum absolute atomic E-state index is 0.184. The number of carboxylic acid groups (broad SMARTS) is 1. The molecule has 0 saturated carbocycles. The molecular weight excluding hydrogens is 314 g/mol. The molecule has 0 aliphatic rings. The van der Waals surface area contributed by atoms with Crippen LogP contribution >= 0.6 is 0 Å². The van der Waals surface area contributed by atoms with Gasteiger partial charge in [-0.1, -0.05) is 12.1 Å². The first-order valence-electron chi connectivity index (χ1n) is 7.12. The normalized spacial score (nSPS) is 11.4. The van der Waals surface area contributed by atoms with Gasteiger partial charge in [-0.15, -0.1) is 10.2 Å². The molecule has 8 nitrogen and oxygen atoms in total. The zero-order valence-electron chi connectivity index (χ0n) is 13.2. The molecule has 0 spiro atoms. The lowest BCUT2D eigenvalue weighted by atomic mass is 10.1. The molecule has 1 aromatic carbocycles. The molecule has 1 amide bonds. The van der Waals surface area contributed by atoms with Crippen LogP contribution in [0.5, 0.6) is 11.6 Å². The maximum absolute atomic E-state index is 12.1. The number of rotatable bonds is 7. The summed E-state index contributed by atoms with van der Waals surface area (Å²) >= 11 is 0. The van der Waals surface area contributed by atoms with Crippen molar-refractivity contribution in [2.45, 2.75) is 13.0 Å². The highest BCUT2D eigenvalue weighted by Crippen LogP contribution is 2.18. The number of hydrogen-bond acceptors (Lipinski definition) is 6. The van der Waals surface area contributed by atoms with Gasteiger partial charge in [-0.3, -0.25) is 4.79 Å². The Hall–Kier alpha value is -3.16. The van der Waals surface area contributed by atoms with E-state index in [1.54, 1.807) is 30.3 Å². The summed E-state index contributed by atoms with van der Waals surface area (Å²) in [5, 5.41) is 18.9. The maximum Gasteiger partial charge on any atom is 0.341 e. The van der Waals surface area contributed by atoms with E-state index in [1.165, 1.54) is 13.2 Å². The van der Waals surface area contributed by atoms with Crippen LogP contribution < -0.4 is 14.8 Å². The molecule has 0 bridgehead atoms. The van der Waals surface area contributed by atoms with Gasteiger partial charge >= 0.3 is 5.97 Å². The largest absolute Gasteiger partial charge is 0.482 e. The topological polar surface area (TPSA) is 111 Å². The first-order chi connectivity index (χ1) is 11.5. The van der Waals surface area contributed by atoms with Gasteiger partial charge in [0, 0.05) is 6.07 Å². The zero-order chi connectivity index (χ0) is 17.5. The molecule has 0 fully saturated rings. The van der Waals surface area contributed by atoms with Crippen LogP contribution in [-0.2, 0) is 4.79 Å². The molecule has 0 aliphatic carbocycles. The van der Waals surface area contributed by atoms with E-state index in [0.717, 1.165) is 5.56 Å². The van der Waals surface area contributed by atoms with E-state index in [1.807, 2.05) is 6.92 Å². The van der Waals surface area contributed by atoms with Crippen LogP contribution in [0.1, 0.15) is 29.0 Å². The van der Waals surface area contributed by atoms with Crippen molar-refractivity contribution in [1.82, 2.24) is 15.5 Å². The van der Waals surface area contributed by atoms with Crippen LogP contribution in [0, 0.1) is 0 Å². The van der Waals surface area contributed by atoms with E-state index in [4.69, 9.17) is 14.6 Å². The number of carbonyl (C=O) groups is 2. The van der Waals surface area contributed by atoms with Crippen molar-refractivity contribution in [3.05, 3.63) is 47.7 Å². The fourth-order valence-corrected chi connectivity index (χ4v) is 1.90. The van der Waals surface area contributed by atoms with Crippen molar-refractivity contribution in [1.29, 1.82) is 0 Å². The first-order valence-corrected chi connectivity index (χ1v) is 7.12. The second-order valence-corrected chi connectivity index (χ2v) is 4.91. The number of methoxy groups -OCH3 is 1. The number of hydrogen-bond donors (Lipinski definition) is 2. The second kappa shape index (κ2) is 7.91. The van der Waals surface area contributed by atoms with E-state index in [0.29, 0.717) is 11.6 Å². The highest BCUT2D eigenvalue weighted by atomic mass is 16.5. The molecule has 0 aliphatic heterocycles. The standard InChI is InChI=1S/C16H17N3O5/c1-10(11-3-5-12(6-4-11)24-9-15(20)21)17-16(22)13-7-8-14(23-2)19-18-13/h3-8,10H,9H2,1-2H3,(H,17,22)(H,20,21). The van der Waals surface area contributed by atoms with Gasteiger partial charge in [-0.2, -0.15) is 0 Å². The van der Waals surface area contributed by atoms with E-state index < -0.39 is 12.6 Å². The molecule has 0 saturated heterocycles. The van der Waals surface area contributed by atoms with Crippen molar-refractivity contribution < 1.29 is 24.2 Å². The van der Waals surface area contributed by atoms with Gasteiger partial charge in [0.15, 0.2) is 12.3 Å². The molecule has 2 rings (SSSR count). The fraction of sp³-hybridized carbons (Fsp3) is 0.250. The van der Waals surface area contributed by atoms with Crippen molar-refractivity contribution in [2.24, 2.45) is 0 Å². The van der Waals surface area contributed by atoms with Crippen molar-refractivity contribution in [3.63, 3.8) is 0 Å². The van der Waals surface area contributed by atoms with Crippen LogP contribution in [0.3, 0.4) is 0 Å². The Morgan fingerprint density at radius 1 is 1.17 bits per heavy atom. The SMILES string of the molecule is COc1ccc(C(=O)NC(C)c2ccc(OCC(=O)O)cc2)nn1. The Balaban J connectivity index is 1.96. The van der Waals surface area contributed by atoms with Gasteiger partial charge in [0.2, 0.25) is 5.88 Å². The number of carbonyl (C=O) groups excluding carboxylic acids is 1. The minimum Gasteiger partial charge on any atom is -0.482 e. The predicted octanol–water partition coefficient (Wildman–Crippen LogP) is 1.44. The summed E-state index contributed by atoms with van der Waals surface area (Å²) in [4.78, 5) is 22.6. The number of nitrogens with one attached hydrogen (secondary N) is 1. The molecule has 1 aromatic heterocycles. The van der Waals surface area contributed by atoms with Crippen molar-refractivity contribution in [3.8, 4) is 11.6 Å². The van der Waals surface area contributed by atoms with Gasteiger partial charge in [-0.25, -0.2) is 4.79 Å². The van der Waals surface area contributed by atoms with Gasteiger partial charge in [0.1, 0.15) is 5.75 Å². The van der Waals surface area contributed by atoms with Crippen LogP contribution in [0.4, 0.5) is 0 Å². The summed E-state index contributed by atoms with van der Waals surface area (Å²) in [6.07, 6.45) is 0. The van der Waals surface area contributed by atoms with E-state index in [-0.39, 0.29) is 17.6 Å². The number of nitrogens with zero attached hydrogens (tertiary/aromatic N) is 2. The van der Waals surface area contributed by atoms with Crippen LogP contribution in [-0.4, -0.2) is 40.9 Å². The van der Waals surface area contributed by atoms with Crippen LogP contribution in [0.25, 0.3) is 0 Å². The Kier molecular flexibility index (Phi) is 5.67. The quantitative estimate of drug-likeness (QED) is 0.789. The second-order valence-electron chi connectivity index (χ2n) is 4.91. The molecule has 24 heavy (non-hydrogen) atoms. The molecule has 1 unspecified atom stereocenters. The third-order valence-electron chi connectivity index (χ3n) is 3.17. The molecular formula is C16H17N3O5. The first kappa shape index (κ1) is 17.2. The lowest BCUT2D eigenvalue weighted by Gasteiger charge is -2.14. The Bertz CT molecular complexity index is 701. The highest BCUT2D eigenvalue weighted by Gasteiger charge is 2.13. The number of amides is 1. The summed E-state index contributed by atoms with van der Waals surface area (Å²) in [6, 6.07) is 9.61. The van der Waals surface area contributed by atoms with E-state index in [2.05, 4.69) is 15.5 Å². The summed E-state index contributed by atoms with van der Waals surface area (Å²) < 4.78 is 9.95. The van der Waals surface area contributed by atoms with Crippen molar-refractivity contribution in [2.75, 3.05) is 13.7 Å². The molecule has 2 aromatic rings. The molecule has 2 N–H and O–H groups in total. The van der Waals surface area contributed by atoms with Crippen molar-refractivity contribution >= 4 is 11.9 Å². The monoisotopic (exact) mass is 331 g/mol. The van der Waals surface area contributed by atoms with E-state index >= 15 is 0 Å². The number of aliphatic carboxylic acids is 1. The Labute approximate surface area is 138 Å². The zero-order valence-corrected chi connectivity index (χ0v) is 13.2. The summed E-state index contributed by atoms with van der Waals surface area (Å²) in [5.74, 6) is -0.624. The fourth-order valence-electron chi connectivity index (χ4n) is 1.90. The Morgan fingerprint density at radius 2 is 1.88 bits per heavy atom. The average Bonchev–Trinajstić information content (AvgIpc) is 2.60. The number of carboxylic acids is 1. The third-order valence-corrected chi connectivity index (χ3v) is 3.17. The number of benzene rings is 1. The number of ether oxygens (including phenoxy) is 2. The summed E-state index contributed by atoms with van der Waals surface area (Å²) in [7, 11) is 1.47. The van der Waals surface area contributed by atoms with Crippen LogP contribution in [0.15, 0.2) is 36.4 Å². The lowest BCUT2D eigenvalue weighted by molar-refractivity contribution is -0.139. The summed E-state index contributed by atoms with van der Waals surface area (Å²) in [5.41, 5.74) is 1.02. The molecule has 1 atom stereocenters. The predicted molar refractivity (Wildman–Crippen MR) is 84.0 cm³/mol. The lowest BCUT2D eigenvalue weighted by Crippen LogP contribution is -2.27. The van der Waals surface area contributed by atoms with Gasteiger partial charge in [0.05, 0.1) is 13.2 Å². The average molecular weight is 331 g/mol. The van der Waals surface area contributed by atoms with Crippen LogP contribution in [0.2, 0.25) is 0 Å². The molecule has 0 radical (unpaired) electrons. The smallest absolute Gasteiger partial charge is 0.341 e. The number of aromatic nitrogens is 2.